The molecule has 1 aromatic carbocycles. The molecule has 5 nitrogen and oxygen atoms in total. The van der Waals surface area contributed by atoms with Crippen molar-refractivity contribution >= 4 is 17.5 Å². The molecule has 0 aliphatic carbocycles. The Bertz CT molecular complexity index is 524. The molecule has 0 heterocycles. The van der Waals surface area contributed by atoms with E-state index in [-0.39, 0.29) is 12.5 Å². The summed E-state index contributed by atoms with van der Waals surface area (Å²) in [6.45, 7) is 1.87. The number of alkyl halides is 3. The number of hydrogen-bond acceptors (Lipinski definition) is 3. The molecule has 0 aliphatic rings. The molecule has 0 aromatic heterocycles. The van der Waals surface area contributed by atoms with Crippen molar-refractivity contribution in [3.8, 4) is 0 Å². The summed E-state index contributed by atoms with van der Waals surface area (Å²) < 4.78 is 37.7. The minimum absolute atomic E-state index is 0.0952. The number of carbonyl (C=O) groups is 2. The Kier molecular flexibility index (Phi) is 4.95. The molecule has 0 bridgehead atoms. The van der Waals surface area contributed by atoms with E-state index in [1.165, 1.54) is 6.92 Å². The fourth-order valence-electron chi connectivity index (χ4n) is 1.40. The highest BCUT2D eigenvalue weighted by Gasteiger charge is 2.53. The van der Waals surface area contributed by atoms with Gasteiger partial charge in [-0.25, -0.2) is 0 Å². The number of nitrogens with two attached hydrogens (primary N) is 1. The summed E-state index contributed by atoms with van der Waals surface area (Å²) in [6, 6.07) is 6.31. The Hall–Kier alpha value is -2.09. The highest BCUT2D eigenvalue weighted by atomic mass is 19.4. The molecule has 0 saturated heterocycles. The minimum Gasteiger partial charge on any atom is -0.350 e. The summed E-state index contributed by atoms with van der Waals surface area (Å²) >= 11 is 0. The van der Waals surface area contributed by atoms with Crippen LogP contribution in [0.2, 0.25) is 0 Å². The molecule has 116 valence electrons. The largest absolute Gasteiger partial charge is 0.415 e. The van der Waals surface area contributed by atoms with E-state index in [2.05, 4.69) is 10.6 Å². The summed E-state index contributed by atoms with van der Waals surface area (Å²) in [7, 11) is 0. The van der Waals surface area contributed by atoms with Crippen molar-refractivity contribution in [2.45, 2.75) is 32.1 Å². The van der Waals surface area contributed by atoms with Crippen LogP contribution < -0.4 is 16.4 Å². The van der Waals surface area contributed by atoms with Crippen LogP contribution in [0.5, 0.6) is 0 Å². The third-order valence-electron chi connectivity index (χ3n) is 2.79. The van der Waals surface area contributed by atoms with Gasteiger partial charge in [-0.15, -0.1) is 0 Å². The summed E-state index contributed by atoms with van der Waals surface area (Å²) in [5.74, 6) is -1.54. The number of anilines is 1. The van der Waals surface area contributed by atoms with E-state index < -0.39 is 17.6 Å². The van der Waals surface area contributed by atoms with Gasteiger partial charge in [0, 0.05) is 19.2 Å². The maximum Gasteiger partial charge on any atom is 0.415 e. The molecule has 0 spiro atoms. The number of hydrogen-bond donors (Lipinski definition) is 3. The molecular formula is C13H16F3N3O2. The van der Waals surface area contributed by atoms with Crippen LogP contribution in [0, 0.1) is 0 Å². The topological polar surface area (TPSA) is 84.2 Å². The fraction of sp³-hybridized carbons (Fsp3) is 0.385. The van der Waals surface area contributed by atoms with Crippen LogP contribution in [0.25, 0.3) is 0 Å². The van der Waals surface area contributed by atoms with Gasteiger partial charge >= 0.3 is 6.18 Å². The van der Waals surface area contributed by atoms with Gasteiger partial charge in [0.25, 0.3) is 0 Å². The Morgan fingerprint density at radius 3 is 2.14 bits per heavy atom. The first-order valence-corrected chi connectivity index (χ1v) is 6.04. The van der Waals surface area contributed by atoms with Crippen LogP contribution in [-0.2, 0) is 16.1 Å². The van der Waals surface area contributed by atoms with E-state index in [0.717, 1.165) is 0 Å². The quantitative estimate of drug-likeness (QED) is 0.789. The Balaban J connectivity index is 2.63. The molecule has 8 heteroatoms. The second kappa shape index (κ2) is 6.13. The Morgan fingerprint density at radius 2 is 1.71 bits per heavy atom. The lowest BCUT2D eigenvalue weighted by atomic mass is 10.0. The maximum atomic E-state index is 12.6. The normalized spacial score (nSPS) is 14.2. The predicted molar refractivity (Wildman–Crippen MR) is 71.2 cm³/mol. The van der Waals surface area contributed by atoms with Crippen molar-refractivity contribution in [2.24, 2.45) is 5.73 Å². The third-order valence-corrected chi connectivity index (χ3v) is 2.79. The SMILES string of the molecule is CC(=O)Nc1ccc(CNC(=O)C(C)(N)C(F)(F)F)cc1. The summed E-state index contributed by atoms with van der Waals surface area (Å²) in [5, 5.41) is 4.68. The fourth-order valence-corrected chi connectivity index (χ4v) is 1.40. The first-order valence-electron chi connectivity index (χ1n) is 6.04. The monoisotopic (exact) mass is 303 g/mol. The van der Waals surface area contributed by atoms with Crippen molar-refractivity contribution < 1.29 is 22.8 Å². The molecule has 2 amide bonds. The molecule has 1 unspecified atom stereocenters. The summed E-state index contributed by atoms with van der Waals surface area (Å²) in [4.78, 5) is 22.3. The average Bonchev–Trinajstić information content (AvgIpc) is 2.35. The van der Waals surface area contributed by atoms with Crippen molar-refractivity contribution in [3.63, 3.8) is 0 Å². The van der Waals surface area contributed by atoms with E-state index >= 15 is 0 Å². The van der Waals surface area contributed by atoms with Crippen molar-refractivity contribution in [1.82, 2.24) is 5.32 Å². The highest BCUT2D eigenvalue weighted by molar-refractivity contribution is 5.88. The van der Waals surface area contributed by atoms with E-state index in [4.69, 9.17) is 5.73 Å². The Labute approximate surface area is 119 Å². The van der Waals surface area contributed by atoms with Crippen LogP contribution in [0.15, 0.2) is 24.3 Å². The van der Waals surface area contributed by atoms with Crippen LogP contribution in [0.4, 0.5) is 18.9 Å². The average molecular weight is 303 g/mol. The minimum atomic E-state index is -4.83. The molecule has 0 aliphatic heterocycles. The zero-order valence-electron chi connectivity index (χ0n) is 11.5. The van der Waals surface area contributed by atoms with Crippen molar-refractivity contribution in [2.75, 3.05) is 5.32 Å². The third kappa shape index (κ3) is 4.45. The lowest BCUT2D eigenvalue weighted by Crippen LogP contribution is -2.61. The van der Waals surface area contributed by atoms with E-state index in [9.17, 15) is 22.8 Å². The van der Waals surface area contributed by atoms with E-state index in [0.29, 0.717) is 18.2 Å². The number of nitrogens with one attached hydrogen (secondary N) is 2. The van der Waals surface area contributed by atoms with Gasteiger partial charge in [-0.05, 0) is 24.6 Å². The van der Waals surface area contributed by atoms with Gasteiger partial charge in [-0.2, -0.15) is 13.2 Å². The zero-order valence-corrected chi connectivity index (χ0v) is 11.5. The van der Waals surface area contributed by atoms with E-state index in [1.54, 1.807) is 24.3 Å². The second-order valence-corrected chi connectivity index (χ2v) is 4.76. The van der Waals surface area contributed by atoms with Gasteiger partial charge in [0.05, 0.1) is 0 Å². The van der Waals surface area contributed by atoms with Gasteiger partial charge in [0.15, 0.2) is 5.54 Å². The first-order chi connectivity index (χ1) is 9.54. The van der Waals surface area contributed by atoms with Crippen LogP contribution in [-0.4, -0.2) is 23.5 Å². The van der Waals surface area contributed by atoms with E-state index in [1.807, 2.05) is 0 Å². The number of rotatable bonds is 4. The molecule has 1 aromatic rings. The lowest BCUT2D eigenvalue weighted by Gasteiger charge is -2.26. The Morgan fingerprint density at radius 1 is 1.19 bits per heavy atom. The van der Waals surface area contributed by atoms with Crippen molar-refractivity contribution in [3.05, 3.63) is 29.8 Å². The standard InChI is InChI=1S/C13H16F3N3O2/c1-8(20)19-10-5-3-9(4-6-10)7-18-11(21)12(2,17)13(14,15)16/h3-6H,7,17H2,1-2H3,(H,18,21)(H,19,20). The van der Waals surface area contributed by atoms with Crippen molar-refractivity contribution in [1.29, 1.82) is 0 Å². The molecule has 0 radical (unpaired) electrons. The zero-order chi connectivity index (χ0) is 16.3. The molecular weight excluding hydrogens is 287 g/mol. The van der Waals surface area contributed by atoms with Gasteiger partial charge < -0.3 is 16.4 Å². The lowest BCUT2D eigenvalue weighted by molar-refractivity contribution is -0.187. The number of carbonyl (C=O) groups excluding carboxylic acids is 2. The summed E-state index contributed by atoms with van der Waals surface area (Å²) in [6.07, 6.45) is -4.83. The van der Waals surface area contributed by atoms with Crippen LogP contribution in [0.1, 0.15) is 19.4 Å². The first kappa shape index (κ1) is 17.0. The van der Waals surface area contributed by atoms with Gasteiger partial charge in [0.2, 0.25) is 11.8 Å². The van der Waals surface area contributed by atoms with Gasteiger partial charge in [0.1, 0.15) is 0 Å². The molecule has 0 saturated carbocycles. The molecule has 21 heavy (non-hydrogen) atoms. The predicted octanol–water partition coefficient (Wildman–Crippen LogP) is 1.54. The van der Waals surface area contributed by atoms with Crippen LogP contribution >= 0.6 is 0 Å². The number of halogens is 3. The highest BCUT2D eigenvalue weighted by Crippen LogP contribution is 2.28. The molecule has 0 fully saturated rings. The molecule has 1 rings (SSSR count). The maximum absolute atomic E-state index is 12.6. The summed E-state index contributed by atoms with van der Waals surface area (Å²) in [5.41, 5.74) is 3.19. The molecule has 1 atom stereocenters. The van der Waals surface area contributed by atoms with Crippen LogP contribution in [0.3, 0.4) is 0 Å². The number of amides is 2. The van der Waals surface area contributed by atoms with Gasteiger partial charge in [-0.3, -0.25) is 9.59 Å². The number of benzene rings is 1. The smallest absolute Gasteiger partial charge is 0.350 e. The van der Waals surface area contributed by atoms with Gasteiger partial charge in [-0.1, -0.05) is 12.1 Å². The second-order valence-electron chi connectivity index (χ2n) is 4.76. The molecule has 4 N–H and O–H groups in total.